The zero-order valence-electron chi connectivity index (χ0n) is 8.09. The number of ether oxygens (including phenoxy) is 1. The molecule has 78 valence electrons. The number of nitrogen functional groups attached to an aromatic ring is 1. The average molecular weight is 216 g/mol. The Morgan fingerprint density at radius 3 is 3.07 bits per heavy atom. The zero-order chi connectivity index (χ0) is 10.4. The van der Waals surface area contributed by atoms with Crippen LogP contribution in [0.5, 0.6) is 0 Å². The second-order valence-electron chi connectivity index (χ2n) is 2.72. The van der Waals surface area contributed by atoms with Crippen LogP contribution in [0.15, 0.2) is 12.3 Å². The molecule has 0 fully saturated rings. The van der Waals surface area contributed by atoms with Crippen LogP contribution in [0, 0.1) is 0 Å². The first-order chi connectivity index (χ1) is 6.74. The van der Waals surface area contributed by atoms with Crippen LogP contribution in [-0.2, 0) is 4.74 Å². The molecule has 4 nitrogen and oxygen atoms in total. The second kappa shape index (κ2) is 5.67. The van der Waals surface area contributed by atoms with Crippen molar-refractivity contribution in [3.8, 4) is 0 Å². The summed E-state index contributed by atoms with van der Waals surface area (Å²) in [6, 6.07) is 1.66. The quantitative estimate of drug-likeness (QED) is 0.735. The number of aromatic nitrogens is 1. The van der Waals surface area contributed by atoms with Crippen molar-refractivity contribution in [2.45, 2.75) is 6.92 Å². The van der Waals surface area contributed by atoms with E-state index in [1.165, 1.54) is 0 Å². The first kappa shape index (κ1) is 11.1. The zero-order valence-corrected chi connectivity index (χ0v) is 8.84. The van der Waals surface area contributed by atoms with Gasteiger partial charge in [0.15, 0.2) is 0 Å². The smallest absolute Gasteiger partial charge is 0.149 e. The number of nitrogens with one attached hydrogen (secondary N) is 1. The molecule has 0 saturated heterocycles. The van der Waals surface area contributed by atoms with Gasteiger partial charge in [-0.15, -0.1) is 0 Å². The largest absolute Gasteiger partial charge is 0.396 e. The van der Waals surface area contributed by atoms with Crippen molar-refractivity contribution in [3.63, 3.8) is 0 Å². The molecule has 0 spiro atoms. The maximum absolute atomic E-state index is 5.71. The van der Waals surface area contributed by atoms with Gasteiger partial charge in [-0.25, -0.2) is 4.98 Å². The van der Waals surface area contributed by atoms with E-state index < -0.39 is 0 Å². The Morgan fingerprint density at radius 2 is 2.43 bits per heavy atom. The van der Waals surface area contributed by atoms with Crippen molar-refractivity contribution in [3.05, 3.63) is 17.3 Å². The number of anilines is 2. The Bertz CT molecular complexity index is 293. The number of nitrogens with zero attached hydrogens (tertiary/aromatic N) is 1. The van der Waals surface area contributed by atoms with E-state index in [1.54, 1.807) is 12.3 Å². The lowest BCUT2D eigenvalue weighted by Gasteiger charge is -2.07. The predicted molar refractivity (Wildman–Crippen MR) is 58.6 cm³/mol. The van der Waals surface area contributed by atoms with E-state index in [9.17, 15) is 0 Å². The van der Waals surface area contributed by atoms with E-state index in [-0.39, 0.29) is 0 Å². The van der Waals surface area contributed by atoms with Gasteiger partial charge >= 0.3 is 0 Å². The van der Waals surface area contributed by atoms with E-state index in [0.717, 1.165) is 0 Å². The summed E-state index contributed by atoms with van der Waals surface area (Å²) in [7, 11) is 0. The minimum atomic E-state index is 0.540. The van der Waals surface area contributed by atoms with E-state index in [4.69, 9.17) is 22.1 Å². The van der Waals surface area contributed by atoms with E-state index in [2.05, 4.69) is 10.3 Å². The van der Waals surface area contributed by atoms with E-state index in [0.29, 0.717) is 36.3 Å². The molecule has 3 N–H and O–H groups in total. The van der Waals surface area contributed by atoms with Crippen molar-refractivity contribution in [2.24, 2.45) is 0 Å². The summed E-state index contributed by atoms with van der Waals surface area (Å²) in [6.07, 6.45) is 1.56. The summed E-state index contributed by atoms with van der Waals surface area (Å²) in [4.78, 5) is 4.05. The van der Waals surface area contributed by atoms with Gasteiger partial charge in [0.25, 0.3) is 0 Å². The average Bonchev–Trinajstić information content (AvgIpc) is 2.15. The Hall–Kier alpha value is -1.00. The topological polar surface area (TPSA) is 60.2 Å². The molecule has 0 aliphatic carbocycles. The Balaban J connectivity index is 2.42. The maximum atomic E-state index is 5.71. The van der Waals surface area contributed by atoms with Crippen LogP contribution in [0.25, 0.3) is 0 Å². The first-order valence-corrected chi connectivity index (χ1v) is 4.84. The van der Waals surface area contributed by atoms with Gasteiger partial charge in [0.05, 0.1) is 17.3 Å². The van der Waals surface area contributed by atoms with Gasteiger partial charge in [-0.05, 0) is 13.0 Å². The standard InChI is InChI=1S/C9H14ClN3O/c1-2-14-4-3-12-9-8(11)5-7(10)6-13-9/h5-6H,2-4,11H2,1H3,(H,12,13). The van der Waals surface area contributed by atoms with Crippen molar-refractivity contribution >= 4 is 23.1 Å². The lowest BCUT2D eigenvalue weighted by atomic mass is 10.4. The summed E-state index contributed by atoms with van der Waals surface area (Å²) >= 11 is 5.71. The molecule has 0 bridgehead atoms. The molecular weight excluding hydrogens is 202 g/mol. The van der Waals surface area contributed by atoms with Crippen LogP contribution >= 0.6 is 11.6 Å². The molecular formula is C9H14ClN3O. The van der Waals surface area contributed by atoms with Crippen molar-refractivity contribution in [1.29, 1.82) is 0 Å². The van der Waals surface area contributed by atoms with Gasteiger partial charge in [-0.2, -0.15) is 0 Å². The fourth-order valence-corrected chi connectivity index (χ4v) is 1.15. The van der Waals surface area contributed by atoms with E-state index >= 15 is 0 Å². The molecule has 0 aliphatic heterocycles. The molecule has 0 amide bonds. The third-order valence-corrected chi connectivity index (χ3v) is 1.83. The molecule has 1 aromatic rings. The number of pyridine rings is 1. The highest BCUT2D eigenvalue weighted by Gasteiger charge is 1.99. The predicted octanol–water partition coefficient (Wildman–Crippen LogP) is 1.77. The van der Waals surface area contributed by atoms with Crippen LogP contribution in [0.1, 0.15) is 6.92 Å². The fourth-order valence-electron chi connectivity index (χ4n) is 0.989. The molecule has 0 aromatic carbocycles. The number of halogens is 1. The molecule has 1 aromatic heterocycles. The minimum absolute atomic E-state index is 0.540. The van der Waals surface area contributed by atoms with E-state index in [1.807, 2.05) is 6.92 Å². The summed E-state index contributed by atoms with van der Waals surface area (Å²) in [5.74, 6) is 0.647. The second-order valence-corrected chi connectivity index (χ2v) is 3.15. The van der Waals surface area contributed by atoms with Crippen molar-refractivity contribution < 1.29 is 4.74 Å². The van der Waals surface area contributed by atoms with Gasteiger partial charge in [-0.3, -0.25) is 0 Å². The number of nitrogens with two attached hydrogens (primary N) is 1. The molecule has 1 rings (SSSR count). The fraction of sp³-hybridized carbons (Fsp3) is 0.444. The normalized spacial score (nSPS) is 10.1. The molecule has 0 atom stereocenters. The summed E-state index contributed by atoms with van der Waals surface area (Å²) < 4.78 is 5.16. The lowest BCUT2D eigenvalue weighted by molar-refractivity contribution is 0.158. The van der Waals surface area contributed by atoms with Crippen LogP contribution in [-0.4, -0.2) is 24.7 Å². The molecule has 0 radical (unpaired) electrons. The van der Waals surface area contributed by atoms with Gasteiger partial charge in [0.1, 0.15) is 5.82 Å². The van der Waals surface area contributed by atoms with Crippen LogP contribution in [0.3, 0.4) is 0 Å². The molecule has 5 heteroatoms. The maximum Gasteiger partial charge on any atom is 0.149 e. The molecule has 1 heterocycles. The summed E-state index contributed by atoms with van der Waals surface area (Å²) in [6.45, 7) is 3.99. The molecule has 0 saturated carbocycles. The highest BCUT2D eigenvalue weighted by molar-refractivity contribution is 6.30. The molecule has 14 heavy (non-hydrogen) atoms. The van der Waals surface area contributed by atoms with Gasteiger partial charge in [0.2, 0.25) is 0 Å². The Morgan fingerprint density at radius 1 is 1.64 bits per heavy atom. The number of hydrogen-bond donors (Lipinski definition) is 2. The van der Waals surface area contributed by atoms with Gasteiger partial charge in [-0.1, -0.05) is 11.6 Å². The molecule has 0 unspecified atom stereocenters. The number of hydrogen-bond acceptors (Lipinski definition) is 4. The third-order valence-electron chi connectivity index (χ3n) is 1.63. The van der Waals surface area contributed by atoms with Crippen LogP contribution in [0.2, 0.25) is 5.02 Å². The van der Waals surface area contributed by atoms with Gasteiger partial charge < -0.3 is 15.8 Å². The number of rotatable bonds is 5. The summed E-state index contributed by atoms with van der Waals surface area (Å²) in [5, 5.41) is 3.59. The summed E-state index contributed by atoms with van der Waals surface area (Å²) in [5.41, 5.74) is 6.24. The van der Waals surface area contributed by atoms with Gasteiger partial charge in [0, 0.05) is 19.3 Å². The monoisotopic (exact) mass is 215 g/mol. The van der Waals surface area contributed by atoms with Crippen molar-refractivity contribution in [2.75, 3.05) is 30.8 Å². The minimum Gasteiger partial charge on any atom is -0.396 e. The van der Waals surface area contributed by atoms with Crippen molar-refractivity contribution in [1.82, 2.24) is 4.98 Å². The third kappa shape index (κ3) is 3.40. The van der Waals surface area contributed by atoms with Crippen LogP contribution in [0.4, 0.5) is 11.5 Å². The first-order valence-electron chi connectivity index (χ1n) is 4.46. The van der Waals surface area contributed by atoms with Crippen LogP contribution < -0.4 is 11.1 Å². The molecule has 0 aliphatic rings. The Labute approximate surface area is 88.4 Å². The highest BCUT2D eigenvalue weighted by atomic mass is 35.5. The SMILES string of the molecule is CCOCCNc1ncc(Cl)cc1N. The highest BCUT2D eigenvalue weighted by Crippen LogP contribution is 2.18. The lowest BCUT2D eigenvalue weighted by Crippen LogP contribution is -2.11. The Kier molecular flexibility index (Phi) is 4.49.